The van der Waals surface area contributed by atoms with Crippen LogP contribution in [-0.2, 0) is 16.1 Å². The number of carbonyl (C=O) groups is 3. The van der Waals surface area contributed by atoms with Crippen molar-refractivity contribution in [3.63, 3.8) is 0 Å². The number of nitrogen functional groups attached to an aromatic ring is 1. The van der Waals surface area contributed by atoms with Gasteiger partial charge in [0.15, 0.2) is 28.8 Å². The number of fused-ring (bicyclic) bond motifs is 1. The molecule has 2 aliphatic rings. The summed E-state index contributed by atoms with van der Waals surface area (Å²) in [5.41, 5.74) is 3.60. The molecule has 0 radical (unpaired) electrons. The van der Waals surface area contributed by atoms with Crippen LogP contribution in [0.4, 0.5) is 5.95 Å². The molecular formula is C29H30ClN5O9. The molecule has 44 heavy (non-hydrogen) atoms. The van der Waals surface area contributed by atoms with Gasteiger partial charge in [0.2, 0.25) is 23.2 Å². The smallest absolute Gasteiger partial charge is 0.239 e. The fourth-order valence-corrected chi connectivity index (χ4v) is 5.93. The summed E-state index contributed by atoms with van der Waals surface area (Å²) >= 11 is 6.54. The number of H-pyrrole nitrogens is 1. The van der Waals surface area contributed by atoms with E-state index in [1.165, 1.54) is 45.6 Å². The average Bonchev–Trinajstić information content (AvgIpc) is 3.56. The van der Waals surface area contributed by atoms with Crippen LogP contribution in [0.2, 0.25) is 5.02 Å². The number of anilines is 1. The Morgan fingerprint density at radius 2 is 1.89 bits per heavy atom. The largest absolute Gasteiger partial charge is 0.507 e. The number of aromatic nitrogens is 3. The number of hydrogen-bond donors (Lipinski definition) is 5. The molecule has 232 valence electrons. The zero-order chi connectivity index (χ0) is 31.9. The lowest BCUT2D eigenvalue weighted by molar-refractivity contribution is -0.122. The summed E-state index contributed by atoms with van der Waals surface area (Å²) in [6.45, 7) is 1.55. The number of methoxy groups -OCH3 is 3. The number of benzene rings is 2. The van der Waals surface area contributed by atoms with Gasteiger partial charge < -0.3 is 40.2 Å². The Balaban J connectivity index is 1.63. The molecule has 15 heteroatoms. The van der Waals surface area contributed by atoms with Crippen molar-refractivity contribution in [3.05, 3.63) is 57.6 Å². The van der Waals surface area contributed by atoms with Crippen molar-refractivity contribution < 1.29 is 43.5 Å². The normalized spacial score (nSPS) is 19.9. The molecule has 3 aromatic rings. The second kappa shape index (κ2) is 11.6. The minimum atomic E-state index is -2.05. The Morgan fingerprint density at radius 3 is 2.52 bits per heavy atom. The monoisotopic (exact) mass is 627 g/mol. The molecule has 0 bridgehead atoms. The molecule has 1 unspecified atom stereocenters. The van der Waals surface area contributed by atoms with E-state index in [0.29, 0.717) is 11.4 Å². The van der Waals surface area contributed by atoms with Crippen LogP contribution in [-0.4, -0.2) is 69.8 Å². The fourth-order valence-electron chi connectivity index (χ4n) is 5.67. The van der Waals surface area contributed by atoms with Crippen molar-refractivity contribution in [1.29, 1.82) is 0 Å². The van der Waals surface area contributed by atoms with E-state index in [9.17, 15) is 24.6 Å². The highest BCUT2D eigenvalue weighted by Crippen LogP contribution is 2.56. The standard InChI is InChI=1S/C29H30ClN5O9/c1-12-7-16(37)22(26(39)29(12)27(40)23-18(42-3)10-19(43-4)24(30)25(23)44-29)14(13-5-6-15(36)17(8-13)41-2)9-21(38)32-11-20-33-28(31)35-34-20/h5-6,8,10,12,14,36,39H,7,9,11H2,1-4H3,(H,32,38)(H3,31,33,34,35)/t12-,14?,29+/m1/s1. The lowest BCUT2D eigenvalue weighted by atomic mass is 9.69. The zero-order valence-electron chi connectivity index (χ0n) is 24.2. The van der Waals surface area contributed by atoms with Crippen molar-refractivity contribution in [2.75, 3.05) is 27.1 Å². The Bertz CT molecular complexity index is 1700. The predicted octanol–water partition coefficient (Wildman–Crippen LogP) is 3.00. The number of carbonyl (C=O) groups excluding carboxylic acids is 3. The quantitative estimate of drug-likeness (QED) is 0.232. The van der Waals surface area contributed by atoms with E-state index in [1.807, 2.05) is 0 Å². The molecule has 0 saturated heterocycles. The lowest BCUT2D eigenvalue weighted by Crippen LogP contribution is -2.53. The molecule has 2 heterocycles. The number of allylic oxidation sites excluding steroid dienone is 1. The molecule has 6 N–H and O–H groups in total. The molecule has 1 aliphatic carbocycles. The average molecular weight is 628 g/mol. The molecule has 3 atom stereocenters. The maximum atomic E-state index is 14.2. The minimum Gasteiger partial charge on any atom is -0.507 e. The molecule has 5 rings (SSSR count). The van der Waals surface area contributed by atoms with Crippen LogP contribution in [0.1, 0.15) is 47.4 Å². The minimum absolute atomic E-state index is 0.00203. The first-order valence-electron chi connectivity index (χ1n) is 13.4. The molecular weight excluding hydrogens is 598 g/mol. The summed E-state index contributed by atoms with van der Waals surface area (Å²) in [5.74, 6) is -3.90. The number of aromatic hydroxyl groups is 1. The summed E-state index contributed by atoms with van der Waals surface area (Å²) in [4.78, 5) is 45.1. The van der Waals surface area contributed by atoms with Crippen molar-refractivity contribution in [1.82, 2.24) is 20.5 Å². The number of aliphatic hydroxyl groups excluding tert-OH is 1. The zero-order valence-corrected chi connectivity index (χ0v) is 24.9. The predicted molar refractivity (Wildman–Crippen MR) is 155 cm³/mol. The third-order valence-corrected chi connectivity index (χ3v) is 8.22. The van der Waals surface area contributed by atoms with Gasteiger partial charge in [-0.3, -0.25) is 19.5 Å². The van der Waals surface area contributed by atoms with Crippen LogP contribution in [0.15, 0.2) is 35.6 Å². The van der Waals surface area contributed by atoms with Crippen molar-refractivity contribution in [2.45, 2.75) is 37.8 Å². The van der Waals surface area contributed by atoms with Gasteiger partial charge in [0, 0.05) is 36.3 Å². The topological polar surface area (TPSA) is 208 Å². The molecule has 1 aliphatic heterocycles. The number of halogens is 1. The van der Waals surface area contributed by atoms with Gasteiger partial charge in [-0.2, -0.15) is 4.98 Å². The van der Waals surface area contributed by atoms with Crippen LogP contribution in [0, 0.1) is 5.92 Å². The van der Waals surface area contributed by atoms with E-state index >= 15 is 0 Å². The maximum absolute atomic E-state index is 14.2. The summed E-state index contributed by atoms with van der Waals surface area (Å²) < 4.78 is 22.2. The Kier molecular flexibility index (Phi) is 8.04. The van der Waals surface area contributed by atoms with Gasteiger partial charge in [-0.1, -0.05) is 24.6 Å². The molecule has 0 fully saturated rings. The van der Waals surface area contributed by atoms with Gasteiger partial charge in [-0.05, 0) is 17.7 Å². The third-order valence-electron chi connectivity index (χ3n) is 7.86. The number of aliphatic hydroxyl groups is 1. The lowest BCUT2D eigenvalue weighted by Gasteiger charge is -2.38. The number of hydrogen-bond acceptors (Lipinski definition) is 12. The number of ether oxygens (including phenoxy) is 4. The maximum Gasteiger partial charge on any atom is 0.239 e. The fraction of sp³-hybridized carbons (Fsp3) is 0.345. The Morgan fingerprint density at radius 1 is 1.18 bits per heavy atom. The SMILES string of the molecule is COc1cc(C(CC(=O)NCc2nc(N)n[nH]2)C2=C(O)[C@@]3(Oc4c(Cl)c(OC)cc(OC)c4C3=O)[C@H](C)CC2=O)ccc1O. The number of rotatable bonds is 9. The van der Waals surface area contributed by atoms with Crippen molar-refractivity contribution in [3.8, 4) is 28.7 Å². The first kappa shape index (κ1) is 30.5. The molecule has 1 amide bonds. The van der Waals surface area contributed by atoms with E-state index in [1.54, 1.807) is 6.92 Å². The molecule has 1 spiro atoms. The number of amides is 1. The molecule has 14 nitrogen and oxygen atoms in total. The molecule has 1 aromatic heterocycles. The molecule has 0 saturated carbocycles. The number of ketones is 2. The van der Waals surface area contributed by atoms with Gasteiger partial charge in [0.25, 0.3) is 0 Å². The second-order valence-electron chi connectivity index (χ2n) is 10.4. The number of phenols is 1. The summed E-state index contributed by atoms with van der Waals surface area (Å²) in [6.07, 6.45) is -0.562. The number of nitrogens with zero attached hydrogens (tertiary/aromatic N) is 2. The number of Topliss-reactive ketones (excluding diaryl/α,β-unsaturated/α-hetero) is 2. The highest BCUT2D eigenvalue weighted by molar-refractivity contribution is 6.35. The van der Waals surface area contributed by atoms with Crippen LogP contribution >= 0.6 is 11.6 Å². The Labute approximate surface area is 256 Å². The van der Waals surface area contributed by atoms with E-state index in [-0.39, 0.29) is 70.2 Å². The summed E-state index contributed by atoms with van der Waals surface area (Å²) in [5, 5.41) is 31.2. The van der Waals surface area contributed by atoms with Gasteiger partial charge >= 0.3 is 0 Å². The van der Waals surface area contributed by atoms with E-state index in [0.717, 1.165) is 0 Å². The van der Waals surface area contributed by atoms with E-state index in [4.69, 9.17) is 36.3 Å². The highest BCUT2D eigenvalue weighted by atomic mass is 35.5. The van der Waals surface area contributed by atoms with Gasteiger partial charge in [0.1, 0.15) is 27.9 Å². The van der Waals surface area contributed by atoms with Crippen LogP contribution in [0.3, 0.4) is 0 Å². The highest BCUT2D eigenvalue weighted by Gasteiger charge is 2.61. The molecule has 2 aromatic carbocycles. The number of phenolic OH excluding ortho intramolecular Hbond substituents is 1. The Hall–Kier alpha value is -4.98. The van der Waals surface area contributed by atoms with Crippen LogP contribution < -0.4 is 30.0 Å². The summed E-state index contributed by atoms with van der Waals surface area (Å²) in [6, 6.07) is 5.70. The first-order valence-corrected chi connectivity index (χ1v) is 13.8. The third kappa shape index (κ3) is 4.90. The van der Waals surface area contributed by atoms with Gasteiger partial charge in [-0.25, -0.2) is 0 Å². The van der Waals surface area contributed by atoms with Gasteiger partial charge in [0.05, 0.1) is 27.9 Å². The second-order valence-corrected chi connectivity index (χ2v) is 10.7. The van der Waals surface area contributed by atoms with Crippen LogP contribution in [0.5, 0.6) is 28.7 Å². The van der Waals surface area contributed by atoms with Gasteiger partial charge in [-0.15, -0.1) is 5.10 Å². The summed E-state index contributed by atoms with van der Waals surface area (Å²) in [7, 11) is 4.09. The number of aromatic amines is 1. The van der Waals surface area contributed by atoms with Crippen LogP contribution in [0.25, 0.3) is 0 Å². The first-order chi connectivity index (χ1) is 21.0. The number of nitrogens with one attached hydrogen (secondary N) is 2. The van der Waals surface area contributed by atoms with E-state index in [2.05, 4.69) is 20.5 Å². The van der Waals surface area contributed by atoms with E-state index < -0.39 is 40.7 Å². The van der Waals surface area contributed by atoms with Crippen molar-refractivity contribution in [2.24, 2.45) is 5.92 Å². The van der Waals surface area contributed by atoms with Crippen molar-refractivity contribution >= 4 is 35.0 Å². The number of nitrogens with two attached hydrogens (primary N) is 1.